The summed E-state index contributed by atoms with van der Waals surface area (Å²) in [7, 11) is -0.553. The summed E-state index contributed by atoms with van der Waals surface area (Å²) < 4.78 is 13.2. The normalized spacial score (nSPS) is 28.4. The first-order valence-electron chi connectivity index (χ1n) is 14.2. The molecule has 1 aliphatic heterocycles. The van der Waals surface area contributed by atoms with Crippen LogP contribution in [0.2, 0.25) is 0 Å². The third-order valence-electron chi connectivity index (χ3n) is 9.19. The van der Waals surface area contributed by atoms with Gasteiger partial charge >= 0.3 is 7.12 Å². The second-order valence-electron chi connectivity index (χ2n) is 12.7. The summed E-state index contributed by atoms with van der Waals surface area (Å²) in [5.74, 6) is -0.266. The highest BCUT2D eigenvalue weighted by Gasteiger charge is 2.68. The van der Waals surface area contributed by atoms with Crippen LogP contribution >= 0.6 is 11.3 Å². The number of ketones is 1. The van der Waals surface area contributed by atoms with E-state index >= 15 is 0 Å². The number of amides is 1. The molecular formula is C27H42BN5O6S. The molecule has 0 radical (unpaired) electrons. The fourth-order valence-electron chi connectivity index (χ4n) is 6.87. The third-order valence-corrected chi connectivity index (χ3v) is 9.88. The van der Waals surface area contributed by atoms with E-state index < -0.39 is 18.1 Å². The van der Waals surface area contributed by atoms with Crippen LogP contribution in [0.3, 0.4) is 0 Å². The summed E-state index contributed by atoms with van der Waals surface area (Å²) in [6, 6.07) is 1.76. The molecule has 2 heterocycles. The minimum Gasteiger partial charge on any atom is -0.404 e. The van der Waals surface area contributed by atoms with Crippen LogP contribution in [0.1, 0.15) is 83.5 Å². The molecule has 0 aromatic carbocycles. The number of carbonyl (C=O) groups is 2. The molecule has 4 fully saturated rings. The van der Waals surface area contributed by atoms with Gasteiger partial charge in [-0.3, -0.25) is 9.59 Å². The fraction of sp³-hybridized carbons (Fsp3) is 0.741. The van der Waals surface area contributed by atoms with Crippen molar-refractivity contribution in [1.82, 2.24) is 10.7 Å². The van der Waals surface area contributed by atoms with Crippen LogP contribution < -0.4 is 16.5 Å². The Kier molecular flexibility index (Phi) is 9.26. The first-order chi connectivity index (χ1) is 18.8. The second kappa shape index (κ2) is 12.2. The number of Topliss-reactive ketones (excluding diaryl/α,β-unsaturated/α-hetero) is 1. The lowest BCUT2D eigenvalue weighted by molar-refractivity contribution is -0.525. The van der Waals surface area contributed by atoms with Crippen molar-refractivity contribution in [3.63, 3.8) is 0 Å². The summed E-state index contributed by atoms with van der Waals surface area (Å²) in [6.45, 7) is 11.2. The highest BCUT2D eigenvalue weighted by molar-refractivity contribution is 7.08. The summed E-state index contributed by atoms with van der Waals surface area (Å²) in [6.07, 6.45) is 3.64. The molecule has 6 atom stereocenters. The van der Waals surface area contributed by atoms with Gasteiger partial charge in [0.15, 0.2) is 10.8 Å². The molecular weight excluding hydrogens is 533 g/mol. The van der Waals surface area contributed by atoms with E-state index in [1.807, 2.05) is 5.38 Å². The molecule has 3 saturated carbocycles. The van der Waals surface area contributed by atoms with Crippen LogP contribution in [0.5, 0.6) is 0 Å². The van der Waals surface area contributed by atoms with Gasteiger partial charge in [0.2, 0.25) is 5.91 Å². The largest absolute Gasteiger partial charge is 0.481 e. The molecule has 13 heteroatoms. The maximum atomic E-state index is 13.7. The van der Waals surface area contributed by atoms with E-state index in [4.69, 9.17) is 15.0 Å². The molecule has 3 aliphatic carbocycles. The SMILES string of the molecule is CC(C)C[C@H](NC(=O)[C@H](CCCN=C(N)N[N+](=O)[O-])CC(=O)c1ccsc1)B1O[C@@H]2C[C@H]3C[C@H](C3(C)C)[C@]2(C)O1. The van der Waals surface area contributed by atoms with E-state index in [9.17, 15) is 19.7 Å². The standard InChI is InChI=1S/C27H42BN5O6S/c1-16(2)11-23(28-38-22-14-19-13-21(26(19,3)4)27(22,5)39-28)31-24(35)17(12-20(34)18-8-10-40-15-18)7-6-9-30-25(29)32-33(36)37/h8,10,15-17,19,21-23H,6-7,9,11-14H2,1-5H3,(H,31,35)(H3,29,30,32)/t17-,19-,21-,22-,23+,27+/m1/s1. The van der Waals surface area contributed by atoms with Gasteiger partial charge in [-0.2, -0.15) is 11.3 Å². The molecule has 1 amide bonds. The van der Waals surface area contributed by atoms with Crippen molar-refractivity contribution in [2.24, 2.45) is 39.8 Å². The summed E-state index contributed by atoms with van der Waals surface area (Å²) in [5, 5.41) is 16.6. The molecule has 4 aliphatic rings. The number of aliphatic imine (C=N–C) groups is 1. The summed E-state index contributed by atoms with van der Waals surface area (Å²) in [5.41, 5.74) is 7.73. The van der Waals surface area contributed by atoms with Gasteiger partial charge in [0, 0.05) is 29.8 Å². The zero-order chi connectivity index (χ0) is 29.2. The molecule has 220 valence electrons. The van der Waals surface area contributed by atoms with Gasteiger partial charge in [0.05, 0.1) is 17.6 Å². The number of nitrogens with one attached hydrogen (secondary N) is 2. The Morgan fingerprint density at radius 2 is 2.08 bits per heavy atom. The van der Waals surface area contributed by atoms with Crippen LogP contribution in [0, 0.1) is 39.2 Å². The summed E-state index contributed by atoms with van der Waals surface area (Å²) in [4.78, 5) is 41.2. The maximum Gasteiger partial charge on any atom is 0.481 e. The number of nitrogens with zero attached hydrogens (tertiary/aromatic N) is 2. The van der Waals surface area contributed by atoms with Gasteiger partial charge in [-0.1, -0.05) is 33.1 Å². The van der Waals surface area contributed by atoms with Gasteiger partial charge in [-0.05, 0) is 73.6 Å². The van der Waals surface area contributed by atoms with Crippen molar-refractivity contribution >= 4 is 36.1 Å². The van der Waals surface area contributed by atoms with E-state index in [-0.39, 0.29) is 59.6 Å². The number of nitro groups is 1. The number of guanidine groups is 1. The Morgan fingerprint density at radius 3 is 2.70 bits per heavy atom. The van der Waals surface area contributed by atoms with Crippen LogP contribution in [-0.2, 0) is 14.1 Å². The molecule has 0 spiro atoms. The molecule has 1 aromatic rings. The molecule has 1 aromatic heterocycles. The minimum atomic E-state index is -0.780. The Hall–Kier alpha value is -2.51. The molecule has 4 N–H and O–H groups in total. The zero-order valence-electron chi connectivity index (χ0n) is 24.1. The highest BCUT2D eigenvalue weighted by atomic mass is 32.1. The Bertz CT molecular complexity index is 1110. The third kappa shape index (κ3) is 6.52. The topological polar surface area (TPSA) is 158 Å². The van der Waals surface area contributed by atoms with E-state index in [1.54, 1.807) is 16.9 Å². The predicted octanol–water partition coefficient (Wildman–Crippen LogP) is 3.61. The highest BCUT2D eigenvalue weighted by Crippen LogP contribution is 2.65. The second-order valence-corrected chi connectivity index (χ2v) is 13.5. The number of hydrogen-bond acceptors (Lipinski definition) is 8. The van der Waals surface area contributed by atoms with Crippen molar-refractivity contribution in [3.05, 3.63) is 32.5 Å². The average molecular weight is 576 g/mol. The minimum absolute atomic E-state index is 0.00732. The number of hydrogen-bond donors (Lipinski definition) is 3. The summed E-state index contributed by atoms with van der Waals surface area (Å²) >= 11 is 1.43. The number of hydrazine groups is 1. The predicted molar refractivity (Wildman–Crippen MR) is 154 cm³/mol. The van der Waals surface area contributed by atoms with Crippen LogP contribution in [0.25, 0.3) is 0 Å². The van der Waals surface area contributed by atoms with E-state index in [0.717, 1.165) is 12.8 Å². The van der Waals surface area contributed by atoms with Crippen molar-refractivity contribution < 1.29 is 23.9 Å². The molecule has 1 saturated heterocycles. The lowest BCUT2D eigenvalue weighted by atomic mass is 9.43. The monoisotopic (exact) mass is 575 g/mol. The number of carbonyl (C=O) groups excluding carboxylic acids is 2. The van der Waals surface area contributed by atoms with Gasteiger partial charge in [-0.15, -0.1) is 0 Å². The number of thiophene rings is 1. The first-order valence-corrected chi connectivity index (χ1v) is 15.2. The fourth-order valence-corrected chi connectivity index (χ4v) is 7.53. The Morgan fingerprint density at radius 1 is 1.32 bits per heavy atom. The smallest absolute Gasteiger partial charge is 0.404 e. The van der Waals surface area contributed by atoms with E-state index in [0.29, 0.717) is 36.7 Å². The molecule has 40 heavy (non-hydrogen) atoms. The van der Waals surface area contributed by atoms with Crippen molar-refractivity contribution in [2.45, 2.75) is 90.8 Å². The molecule has 5 rings (SSSR count). The van der Waals surface area contributed by atoms with Gasteiger partial charge in [0.25, 0.3) is 5.96 Å². The average Bonchev–Trinajstić information content (AvgIpc) is 3.52. The van der Waals surface area contributed by atoms with Gasteiger partial charge in [0.1, 0.15) is 0 Å². The number of nitrogens with two attached hydrogens (primary N) is 1. The van der Waals surface area contributed by atoms with Gasteiger partial charge < -0.3 is 20.4 Å². The van der Waals surface area contributed by atoms with Crippen molar-refractivity contribution in [3.8, 4) is 0 Å². The molecule has 2 bridgehead atoms. The van der Waals surface area contributed by atoms with Crippen LogP contribution in [0.15, 0.2) is 21.8 Å². The van der Waals surface area contributed by atoms with Crippen molar-refractivity contribution in [1.29, 1.82) is 0 Å². The van der Waals surface area contributed by atoms with Crippen LogP contribution in [0.4, 0.5) is 0 Å². The lowest BCUT2D eigenvalue weighted by Crippen LogP contribution is -2.65. The molecule has 0 unspecified atom stereocenters. The Balaban J connectivity index is 1.45. The van der Waals surface area contributed by atoms with Gasteiger partial charge in [-0.25, -0.2) is 15.1 Å². The zero-order valence-corrected chi connectivity index (χ0v) is 24.9. The van der Waals surface area contributed by atoms with E-state index in [1.165, 1.54) is 11.3 Å². The van der Waals surface area contributed by atoms with Crippen LogP contribution in [-0.4, -0.2) is 54.0 Å². The van der Waals surface area contributed by atoms with Crippen molar-refractivity contribution in [2.75, 3.05) is 6.54 Å². The lowest BCUT2D eigenvalue weighted by Gasteiger charge is -2.64. The first kappa shape index (κ1) is 30.5. The Labute approximate surface area is 240 Å². The maximum absolute atomic E-state index is 13.7. The molecule has 11 nitrogen and oxygen atoms in total. The number of rotatable bonds is 13. The van der Waals surface area contributed by atoms with E-state index in [2.05, 4.69) is 44.9 Å². The quantitative estimate of drug-likeness (QED) is 0.0612.